The molecule has 6 heteroatoms. The Kier molecular flexibility index (Phi) is 4.37. The van der Waals surface area contributed by atoms with E-state index < -0.39 is 11.7 Å². The van der Waals surface area contributed by atoms with Crippen LogP contribution < -0.4 is 15.5 Å². The van der Waals surface area contributed by atoms with Crippen LogP contribution in [-0.4, -0.2) is 17.1 Å². The summed E-state index contributed by atoms with van der Waals surface area (Å²) in [5, 5.41) is 2.39. The van der Waals surface area contributed by atoms with E-state index in [1.807, 2.05) is 0 Å². The Hall–Kier alpha value is -2.63. The van der Waals surface area contributed by atoms with Crippen LogP contribution in [0.1, 0.15) is 5.69 Å². The molecule has 0 fully saturated rings. The number of nitrogens with zero attached hydrogens (tertiary/aromatic N) is 1. The number of hydrogen-bond acceptors (Lipinski definition) is 3. The second-order valence-electron chi connectivity index (χ2n) is 4.52. The van der Waals surface area contributed by atoms with Crippen molar-refractivity contribution in [3.63, 3.8) is 0 Å². The minimum atomic E-state index is -0.537. The van der Waals surface area contributed by atoms with Gasteiger partial charge in [-0.2, -0.15) is 0 Å². The minimum absolute atomic E-state index is 0.0730. The number of pyridine rings is 1. The molecule has 0 unspecified atom stereocenters. The maximum atomic E-state index is 13.4. The zero-order chi connectivity index (χ0) is 15.4. The zero-order valence-corrected chi connectivity index (χ0v) is 11.7. The third-order valence-electron chi connectivity index (χ3n) is 3.03. The van der Waals surface area contributed by atoms with Crippen molar-refractivity contribution in [3.8, 4) is 5.75 Å². The number of ether oxygens (including phenoxy) is 1. The van der Waals surface area contributed by atoms with Crippen molar-refractivity contribution in [1.29, 1.82) is 0 Å². The molecular weight excluding hydrogens is 275 g/mol. The molecule has 1 N–H and O–H groups in total. The molecule has 0 saturated heterocycles. The summed E-state index contributed by atoms with van der Waals surface area (Å²) in [5.74, 6) is -0.952. The first-order valence-electron chi connectivity index (χ1n) is 6.32. The number of aryl methyl sites for hydroxylation is 1. The molecule has 1 amide bonds. The summed E-state index contributed by atoms with van der Waals surface area (Å²) in [5.41, 5.74) is 0.384. The quantitative estimate of drug-likeness (QED) is 0.935. The Balaban J connectivity index is 2.04. The van der Waals surface area contributed by atoms with Gasteiger partial charge in [0.2, 0.25) is 5.43 Å². The molecule has 2 rings (SSSR count). The second-order valence-corrected chi connectivity index (χ2v) is 4.52. The molecule has 1 aromatic heterocycles. The lowest BCUT2D eigenvalue weighted by Crippen LogP contribution is -2.23. The standard InChI is InChI=1S/C15H15FN2O3/c1-10-15(13(19)7-8-18(10)2)21-9-14(20)17-12-6-4-3-5-11(12)16/h3-8H,9H2,1-2H3,(H,17,20). The molecular formula is C15H15FN2O3. The summed E-state index contributed by atoms with van der Waals surface area (Å²) < 4.78 is 20.4. The van der Waals surface area contributed by atoms with Crippen LogP contribution in [0.2, 0.25) is 0 Å². The molecule has 0 aliphatic rings. The molecule has 2 aromatic rings. The van der Waals surface area contributed by atoms with E-state index in [0.717, 1.165) is 0 Å². The number of amides is 1. The van der Waals surface area contributed by atoms with Gasteiger partial charge >= 0.3 is 0 Å². The average Bonchev–Trinajstić information content (AvgIpc) is 2.45. The van der Waals surface area contributed by atoms with Crippen LogP contribution in [0, 0.1) is 12.7 Å². The van der Waals surface area contributed by atoms with Gasteiger partial charge in [0.1, 0.15) is 5.82 Å². The molecule has 0 atom stereocenters. The number of carbonyl (C=O) groups is 1. The Bertz CT molecular complexity index is 725. The fourth-order valence-corrected chi connectivity index (χ4v) is 1.77. The van der Waals surface area contributed by atoms with Gasteiger partial charge in [-0.3, -0.25) is 9.59 Å². The van der Waals surface area contributed by atoms with Gasteiger partial charge in [-0.25, -0.2) is 4.39 Å². The monoisotopic (exact) mass is 290 g/mol. The van der Waals surface area contributed by atoms with Crippen molar-refractivity contribution < 1.29 is 13.9 Å². The number of carbonyl (C=O) groups excluding carboxylic acids is 1. The highest BCUT2D eigenvalue weighted by Gasteiger charge is 2.11. The summed E-state index contributed by atoms with van der Waals surface area (Å²) in [6.07, 6.45) is 1.62. The molecule has 0 radical (unpaired) electrons. The van der Waals surface area contributed by atoms with Crippen molar-refractivity contribution in [2.24, 2.45) is 7.05 Å². The van der Waals surface area contributed by atoms with Gasteiger partial charge in [-0.15, -0.1) is 0 Å². The first-order valence-corrected chi connectivity index (χ1v) is 6.32. The van der Waals surface area contributed by atoms with Gasteiger partial charge in [-0.1, -0.05) is 12.1 Å². The molecule has 0 bridgehead atoms. The summed E-state index contributed by atoms with van der Waals surface area (Å²) >= 11 is 0. The minimum Gasteiger partial charge on any atom is -0.478 e. The number of rotatable bonds is 4. The molecule has 21 heavy (non-hydrogen) atoms. The number of benzene rings is 1. The summed E-state index contributed by atoms with van der Waals surface area (Å²) in [4.78, 5) is 23.4. The van der Waals surface area contributed by atoms with Crippen LogP contribution in [0.3, 0.4) is 0 Å². The van der Waals surface area contributed by atoms with E-state index in [9.17, 15) is 14.0 Å². The van der Waals surface area contributed by atoms with Crippen LogP contribution in [0.4, 0.5) is 10.1 Å². The van der Waals surface area contributed by atoms with E-state index in [2.05, 4.69) is 5.32 Å². The Morgan fingerprint density at radius 3 is 2.76 bits per heavy atom. The van der Waals surface area contributed by atoms with Gasteiger partial charge < -0.3 is 14.6 Å². The molecule has 0 saturated carbocycles. The summed E-state index contributed by atoms with van der Waals surface area (Å²) in [6.45, 7) is 1.35. The van der Waals surface area contributed by atoms with Crippen LogP contribution in [0.25, 0.3) is 0 Å². The average molecular weight is 290 g/mol. The largest absolute Gasteiger partial charge is 0.478 e. The number of hydrogen-bond donors (Lipinski definition) is 1. The Morgan fingerprint density at radius 1 is 1.33 bits per heavy atom. The Labute approximate surface area is 121 Å². The van der Waals surface area contributed by atoms with Crippen LogP contribution >= 0.6 is 0 Å². The molecule has 1 aromatic carbocycles. The zero-order valence-electron chi connectivity index (χ0n) is 11.7. The third kappa shape index (κ3) is 3.47. The molecule has 110 valence electrons. The van der Waals surface area contributed by atoms with Gasteiger partial charge in [0.05, 0.1) is 11.4 Å². The lowest BCUT2D eigenvalue weighted by Gasteiger charge is -2.11. The molecule has 1 heterocycles. The van der Waals surface area contributed by atoms with Crippen LogP contribution in [0.5, 0.6) is 5.75 Å². The highest BCUT2D eigenvalue weighted by atomic mass is 19.1. The molecule has 0 aliphatic carbocycles. The Morgan fingerprint density at radius 2 is 2.05 bits per heavy atom. The molecule has 5 nitrogen and oxygen atoms in total. The number of anilines is 1. The smallest absolute Gasteiger partial charge is 0.262 e. The lowest BCUT2D eigenvalue weighted by molar-refractivity contribution is -0.118. The van der Waals surface area contributed by atoms with E-state index in [1.165, 1.54) is 24.3 Å². The van der Waals surface area contributed by atoms with E-state index in [-0.39, 0.29) is 23.5 Å². The van der Waals surface area contributed by atoms with Crippen LogP contribution in [-0.2, 0) is 11.8 Å². The van der Waals surface area contributed by atoms with Crippen LogP contribution in [0.15, 0.2) is 41.3 Å². The van der Waals surface area contributed by atoms with Gasteiger partial charge in [-0.05, 0) is 19.1 Å². The number of halogens is 1. The van der Waals surface area contributed by atoms with Gasteiger partial charge in [0, 0.05) is 19.3 Å². The van der Waals surface area contributed by atoms with Gasteiger partial charge in [0.15, 0.2) is 12.4 Å². The highest BCUT2D eigenvalue weighted by molar-refractivity contribution is 5.91. The summed E-state index contributed by atoms with van der Waals surface area (Å²) in [6, 6.07) is 7.18. The highest BCUT2D eigenvalue weighted by Crippen LogP contribution is 2.13. The second kappa shape index (κ2) is 6.21. The first kappa shape index (κ1) is 14.8. The maximum Gasteiger partial charge on any atom is 0.262 e. The fraction of sp³-hybridized carbons (Fsp3) is 0.200. The third-order valence-corrected chi connectivity index (χ3v) is 3.03. The lowest BCUT2D eigenvalue weighted by atomic mass is 10.3. The van der Waals surface area contributed by atoms with E-state index >= 15 is 0 Å². The van der Waals surface area contributed by atoms with E-state index in [0.29, 0.717) is 5.69 Å². The molecule has 0 aliphatic heterocycles. The van der Waals surface area contributed by atoms with Crippen molar-refractivity contribution in [2.45, 2.75) is 6.92 Å². The van der Waals surface area contributed by atoms with E-state index in [1.54, 1.807) is 30.8 Å². The number of aromatic nitrogens is 1. The topological polar surface area (TPSA) is 60.3 Å². The number of para-hydroxylation sites is 1. The first-order chi connectivity index (χ1) is 9.99. The maximum absolute atomic E-state index is 13.4. The predicted octanol–water partition coefficient (Wildman–Crippen LogP) is 1.85. The molecule has 0 spiro atoms. The van der Waals surface area contributed by atoms with Gasteiger partial charge in [0.25, 0.3) is 5.91 Å². The van der Waals surface area contributed by atoms with Crippen molar-refractivity contribution >= 4 is 11.6 Å². The fourth-order valence-electron chi connectivity index (χ4n) is 1.77. The normalized spacial score (nSPS) is 10.2. The van der Waals surface area contributed by atoms with Crippen molar-refractivity contribution in [1.82, 2.24) is 4.57 Å². The predicted molar refractivity (Wildman–Crippen MR) is 76.9 cm³/mol. The summed E-state index contributed by atoms with van der Waals surface area (Å²) in [7, 11) is 1.76. The van der Waals surface area contributed by atoms with Crippen molar-refractivity contribution in [2.75, 3.05) is 11.9 Å². The SMILES string of the molecule is Cc1c(OCC(=O)Nc2ccccc2F)c(=O)ccn1C. The van der Waals surface area contributed by atoms with E-state index in [4.69, 9.17) is 4.74 Å². The number of nitrogens with one attached hydrogen (secondary N) is 1. The van der Waals surface area contributed by atoms with Crippen molar-refractivity contribution in [3.05, 3.63) is 58.3 Å².